The van der Waals surface area contributed by atoms with Gasteiger partial charge in [0.05, 0.1) is 18.2 Å². The number of methoxy groups -OCH3 is 1. The second-order valence-electron chi connectivity index (χ2n) is 7.38. The third kappa shape index (κ3) is 4.44. The Morgan fingerprint density at radius 1 is 0.906 bits per heavy atom. The summed E-state index contributed by atoms with van der Waals surface area (Å²) in [5.41, 5.74) is 4.66. The van der Waals surface area contributed by atoms with Crippen molar-refractivity contribution in [2.45, 2.75) is 6.92 Å². The predicted octanol–water partition coefficient (Wildman–Crippen LogP) is 6.32. The number of allylic oxidation sites excluding steroid dienone is 1. The van der Waals surface area contributed by atoms with Crippen molar-refractivity contribution in [1.82, 2.24) is 4.98 Å². The van der Waals surface area contributed by atoms with Gasteiger partial charge in [-0.15, -0.1) is 0 Å². The van der Waals surface area contributed by atoms with Gasteiger partial charge in [0.2, 0.25) is 0 Å². The molecule has 0 saturated carbocycles. The Bertz CT molecular complexity index is 1340. The maximum Gasteiger partial charge on any atom is 0.188 e. The number of pyridine rings is 1. The number of ether oxygens (including phenoxy) is 1. The topological polar surface area (TPSA) is 59.4 Å². The maximum absolute atomic E-state index is 13.3. The minimum atomic E-state index is -0.149. The predicted molar refractivity (Wildman–Crippen MR) is 130 cm³/mol. The van der Waals surface area contributed by atoms with E-state index >= 15 is 0 Å². The lowest BCUT2D eigenvalue weighted by atomic mass is 9.96. The number of phenolic OH excluding ortho intramolecular Hbond substituents is 1. The van der Waals surface area contributed by atoms with E-state index in [0.29, 0.717) is 22.6 Å². The molecule has 0 radical (unpaired) electrons. The molecule has 0 spiro atoms. The molecule has 32 heavy (non-hydrogen) atoms. The molecule has 4 nitrogen and oxygen atoms in total. The molecule has 0 aliphatic rings. The van der Waals surface area contributed by atoms with Crippen molar-refractivity contribution in [3.05, 3.63) is 107 Å². The first-order chi connectivity index (χ1) is 15.6. The number of hydrogen-bond donors (Lipinski definition) is 1. The molecule has 0 aliphatic carbocycles. The van der Waals surface area contributed by atoms with E-state index in [0.717, 1.165) is 22.0 Å². The summed E-state index contributed by atoms with van der Waals surface area (Å²) in [6, 6.07) is 22.8. The highest BCUT2D eigenvalue weighted by Gasteiger charge is 2.16. The molecule has 0 atom stereocenters. The summed E-state index contributed by atoms with van der Waals surface area (Å²) >= 11 is 0. The lowest BCUT2D eigenvalue weighted by molar-refractivity contribution is 0.104. The summed E-state index contributed by atoms with van der Waals surface area (Å²) in [5.74, 6) is 0.261. The normalized spacial score (nSPS) is 11.4. The van der Waals surface area contributed by atoms with E-state index in [1.165, 1.54) is 13.2 Å². The minimum Gasteiger partial charge on any atom is -0.504 e. The summed E-state index contributed by atoms with van der Waals surface area (Å²) in [4.78, 5) is 17.9. The monoisotopic (exact) mass is 421 g/mol. The first kappa shape index (κ1) is 21.1. The van der Waals surface area contributed by atoms with Crippen LogP contribution in [0.2, 0.25) is 0 Å². The van der Waals surface area contributed by atoms with Crippen molar-refractivity contribution in [2.75, 3.05) is 7.11 Å². The van der Waals surface area contributed by atoms with Crippen LogP contribution in [0.3, 0.4) is 0 Å². The number of fused-ring (bicyclic) bond motifs is 1. The average Bonchev–Trinajstić information content (AvgIpc) is 2.81. The Labute approximate surface area is 187 Å². The van der Waals surface area contributed by atoms with Gasteiger partial charge >= 0.3 is 0 Å². The van der Waals surface area contributed by atoms with Crippen LogP contribution in [0.15, 0.2) is 78.9 Å². The number of aromatic hydroxyl groups is 1. The van der Waals surface area contributed by atoms with Gasteiger partial charge in [0.1, 0.15) is 0 Å². The van der Waals surface area contributed by atoms with E-state index in [1.54, 1.807) is 24.3 Å². The summed E-state index contributed by atoms with van der Waals surface area (Å²) in [6.45, 7) is 1.85. The molecular weight excluding hydrogens is 398 g/mol. The molecule has 0 unspecified atom stereocenters. The van der Waals surface area contributed by atoms with Crippen LogP contribution in [0, 0.1) is 6.92 Å². The number of aryl methyl sites for hydroxylation is 1. The number of rotatable bonds is 6. The minimum absolute atomic E-state index is 0.0251. The maximum atomic E-state index is 13.3. The molecule has 1 heterocycles. The van der Waals surface area contributed by atoms with Gasteiger partial charge in [0.15, 0.2) is 17.3 Å². The van der Waals surface area contributed by atoms with Crippen molar-refractivity contribution in [2.24, 2.45) is 0 Å². The summed E-state index contributed by atoms with van der Waals surface area (Å²) < 4.78 is 5.07. The molecule has 4 heteroatoms. The van der Waals surface area contributed by atoms with Crippen molar-refractivity contribution in [3.63, 3.8) is 0 Å². The number of hydrogen-bond acceptors (Lipinski definition) is 4. The van der Waals surface area contributed by atoms with Gasteiger partial charge in [0, 0.05) is 11.1 Å². The Morgan fingerprint density at radius 2 is 1.66 bits per heavy atom. The van der Waals surface area contributed by atoms with Crippen LogP contribution >= 0.6 is 0 Å². The van der Waals surface area contributed by atoms with Crippen LogP contribution in [0.1, 0.15) is 32.7 Å². The number of nitrogens with zero attached hydrogens (tertiary/aromatic N) is 1. The number of ketones is 1. The molecule has 1 aromatic heterocycles. The van der Waals surface area contributed by atoms with Gasteiger partial charge in [-0.25, -0.2) is 0 Å². The molecule has 1 N–H and O–H groups in total. The third-order valence-electron chi connectivity index (χ3n) is 5.23. The van der Waals surface area contributed by atoms with Gasteiger partial charge in [-0.3, -0.25) is 9.78 Å². The molecule has 4 rings (SSSR count). The zero-order chi connectivity index (χ0) is 22.5. The van der Waals surface area contributed by atoms with E-state index in [4.69, 9.17) is 4.74 Å². The standard InChI is InChI=1S/C28H23NO3/c1-19-28(25(30)16-13-21-14-17-27(32-2)26(31)18-21)23(15-12-20-8-4-3-5-9-20)22-10-6-7-11-24(22)29-19/h3-18,31H,1-2H3/b15-12+,16-13+. The van der Waals surface area contributed by atoms with Crippen molar-refractivity contribution in [3.8, 4) is 11.5 Å². The van der Waals surface area contributed by atoms with Gasteiger partial charge in [-0.05, 0) is 47.9 Å². The highest BCUT2D eigenvalue weighted by molar-refractivity contribution is 6.13. The van der Waals surface area contributed by atoms with Crippen LogP contribution in [0.25, 0.3) is 29.1 Å². The zero-order valence-corrected chi connectivity index (χ0v) is 17.9. The smallest absolute Gasteiger partial charge is 0.188 e. The highest BCUT2D eigenvalue weighted by Crippen LogP contribution is 2.28. The second-order valence-corrected chi connectivity index (χ2v) is 7.38. The van der Waals surface area contributed by atoms with E-state index in [1.807, 2.05) is 73.7 Å². The van der Waals surface area contributed by atoms with E-state index in [9.17, 15) is 9.90 Å². The first-order valence-corrected chi connectivity index (χ1v) is 10.3. The fourth-order valence-corrected chi connectivity index (χ4v) is 3.66. The number of benzene rings is 3. The largest absolute Gasteiger partial charge is 0.504 e. The Balaban J connectivity index is 1.77. The van der Waals surface area contributed by atoms with Crippen molar-refractivity contribution in [1.29, 1.82) is 0 Å². The molecule has 3 aromatic carbocycles. The first-order valence-electron chi connectivity index (χ1n) is 10.3. The van der Waals surface area contributed by atoms with Crippen LogP contribution in [-0.4, -0.2) is 23.0 Å². The molecule has 158 valence electrons. The molecule has 0 saturated heterocycles. The molecular formula is C28H23NO3. The second kappa shape index (κ2) is 9.31. The van der Waals surface area contributed by atoms with Crippen LogP contribution < -0.4 is 4.74 Å². The molecule has 4 aromatic rings. The van der Waals surface area contributed by atoms with Gasteiger partial charge in [0.25, 0.3) is 0 Å². The SMILES string of the molecule is COc1ccc(/C=C/C(=O)c2c(C)nc3ccccc3c2/C=C/c2ccccc2)cc1O. The fraction of sp³-hybridized carbons (Fsp3) is 0.0714. The van der Waals surface area contributed by atoms with Crippen LogP contribution in [0.5, 0.6) is 11.5 Å². The fourth-order valence-electron chi connectivity index (χ4n) is 3.66. The lowest BCUT2D eigenvalue weighted by Crippen LogP contribution is -2.05. The molecule has 0 bridgehead atoms. The Kier molecular flexibility index (Phi) is 6.13. The average molecular weight is 421 g/mol. The number of phenols is 1. The van der Waals surface area contributed by atoms with Gasteiger partial charge in [-0.1, -0.05) is 72.8 Å². The van der Waals surface area contributed by atoms with E-state index < -0.39 is 0 Å². The number of para-hydroxylation sites is 1. The summed E-state index contributed by atoms with van der Waals surface area (Å²) in [6.07, 6.45) is 7.18. The summed E-state index contributed by atoms with van der Waals surface area (Å²) in [5, 5.41) is 10.9. The Hall–Kier alpha value is -4.18. The van der Waals surface area contributed by atoms with Crippen molar-refractivity contribution >= 4 is 34.9 Å². The molecule has 0 aliphatic heterocycles. The van der Waals surface area contributed by atoms with Crippen LogP contribution in [0.4, 0.5) is 0 Å². The molecule has 0 fully saturated rings. The quantitative estimate of drug-likeness (QED) is 0.292. The van der Waals surface area contributed by atoms with E-state index in [2.05, 4.69) is 4.98 Å². The Morgan fingerprint density at radius 3 is 2.41 bits per heavy atom. The number of aromatic nitrogens is 1. The highest BCUT2D eigenvalue weighted by atomic mass is 16.5. The number of carbonyl (C=O) groups excluding carboxylic acids is 1. The summed E-state index contributed by atoms with van der Waals surface area (Å²) in [7, 11) is 1.49. The van der Waals surface area contributed by atoms with Crippen LogP contribution in [-0.2, 0) is 0 Å². The third-order valence-corrected chi connectivity index (χ3v) is 5.23. The zero-order valence-electron chi connectivity index (χ0n) is 17.9. The van der Waals surface area contributed by atoms with Gasteiger partial charge < -0.3 is 9.84 Å². The molecule has 0 amide bonds. The van der Waals surface area contributed by atoms with E-state index in [-0.39, 0.29) is 11.5 Å². The van der Waals surface area contributed by atoms with Gasteiger partial charge in [-0.2, -0.15) is 0 Å². The number of carbonyl (C=O) groups is 1. The van der Waals surface area contributed by atoms with Crippen molar-refractivity contribution < 1.29 is 14.6 Å². The lowest BCUT2D eigenvalue weighted by Gasteiger charge is -2.11.